The highest BCUT2D eigenvalue weighted by Gasteiger charge is 2.08. The molecule has 70 valence electrons. The van der Waals surface area contributed by atoms with E-state index in [0.29, 0.717) is 16.6 Å². The Morgan fingerprint density at radius 1 is 1.36 bits per heavy atom. The van der Waals surface area contributed by atoms with Crippen LogP contribution in [0.1, 0.15) is 10.4 Å². The first kappa shape index (κ1) is 8.50. The Kier molecular flexibility index (Phi) is 1.81. The Hall–Kier alpha value is -2.10. The van der Waals surface area contributed by atoms with E-state index in [1.54, 1.807) is 18.2 Å². The van der Waals surface area contributed by atoms with Crippen molar-refractivity contribution in [3.05, 3.63) is 36.0 Å². The lowest BCUT2D eigenvalue weighted by molar-refractivity contribution is 0.0699. The number of hydrogen-bond acceptors (Lipinski definition) is 3. The van der Waals surface area contributed by atoms with Gasteiger partial charge >= 0.3 is 5.97 Å². The molecule has 2 aromatic rings. The maximum absolute atomic E-state index is 10.9. The van der Waals surface area contributed by atoms with Gasteiger partial charge in [0.1, 0.15) is 0 Å². The minimum Gasteiger partial charge on any atom is -0.478 e. The first-order valence-corrected chi connectivity index (χ1v) is 4.06. The number of hydrogen-bond donors (Lipinski definition) is 2. The molecule has 14 heavy (non-hydrogen) atoms. The fourth-order valence-electron chi connectivity index (χ4n) is 1.35. The molecule has 4 heteroatoms. The molecule has 0 amide bonds. The van der Waals surface area contributed by atoms with Crippen molar-refractivity contribution in [3.8, 4) is 0 Å². The monoisotopic (exact) mass is 188 g/mol. The van der Waals surface area contributed by atoms with Crippen molar-refractivity contribution < 1.29 is 9.90 Å². The van der Waals surface area contributed by atoms with Gasteiger partial charge in [-0.05, 0) is 24.3 Å². The number of nitrogen functional groups attached to an aromatic ring is 1. The molecule has 0 radical (unpaired) electrons. The molecule has 0 unspecified atom stereocenters. The number of nitrogens with zero attached hydrogens (tertiary/aromatic N) is 1. The standard InChI is InChI=1S/C10H8N2O2/c11-6-1-2-9-8(5-6)7(10(13)14)3-4-12-9/h1-5H,11H2,(H,13,14). The quantitative estimate of drug-likeness (QED) is 0.665. The normalized spacial score (nSPS) is 10.3. The average molecular weight is 188 g/mol. The molecule has 0 saturated carbocycles. The van der Waals surface area contributed by atoms with Crippen LogP contribution in [0.4, 0.5) is 5.69 Å². The summed E-state index contributed by atoms with van der Waals surface area (Å²) in [4.78, 5) is 14.9. The van der Waals surface area contributed by atoms with Gasteiger partial charge in [-0.1, -0.05) is 0 Å². The van der Waals surface area contributed by atoms with Crippen molar-refractivity contribution in [1.29, 1.82) is 0 Å². The van der Waals surface area contributed by atoms with Crippen molar-refractivity contribution in [1.82, 2.24) is 4.98 Å². The second-order valence-electron chi connectivity index (χ2n) is 2.94. The zero-order valence-corrected chi connectivity index (χ0v) is 7.27. The predicted octanol–water partition coefficient (Wildman–Crippen LogP) is 1.52. The number of benzene rings is 1. The van der Waals surface area contributed by atoms with E-state index in [2.05, 4.69) is 4.98 Å². The third-order valence-corrected chi connectivity index (χ3v) is 2.00. The minimum absolute atomic E-state index is 0.224. The second kappa shape index (κ2) is 2.99. The lowest BCUT2D eigenvalue weighted by atomic mass is 10.1. The Morgan fingerprint density at radius 3 is 2.86 bits per heavy atom. The van der Waals surface area contributed by atoms with Crippen molar-refractivity contribution in [2.75, 3.05) is 5.73 Å². The fraction of sp³-hybridized carbons (Fsp3) is 0. The van der Waals surface area contributed by atoms with Crippen molar-refractivity contribution >= 4 is 22.6 Å². The number of carboxylic acids is 1. The fourth-order valence-corrected chi connectivity index (χ4v) is 1.35. The largest absolute Gasteiger partial charge is 0.478 e. The summed E-state index contributed by atoms with van der Waals surface area (Å²) >= 11 is 0. The summed E-state index contributed by atoms with van der Waals surface area (Å²) in [7, 11) is 0. The van der Waals surface area contributed by atoms with Crippen molar-refractivity contribution in [2.24, 2.45) is 0 Å². The van der Waals surface area contributed by atoms with E-state index >= 15 is 0 Å². The molecule has 0 saturated heterocycles. The number of pyridine rings is 1. The van der Waals surface area contributed by atoms with Crippen LogP contribution in [0, 0.1) is 0 Å². The Morgan fingerprint density at radius 2 is 2.14 bits per heavy atom. The first-order valence-electron chi connectivity index (χ1n) is 4.06. The van der Waals surface area contributed by atoms with Crippen molar-refractivity contribution in [3.63, 3.8) is 0 Å². The van der Waals surface area contributed by atoms with E-state index in [4.69, 9.17) is 10.8 Å². The van der Waals surface area contributed by atoms with Gasteiger partial charge in [0.05, 0.1) is 11.1 Å². The van der Waals surface area contributed by atoms with Crippen LogP contribution in [-0.2, 0) is 0 Å². The first-order chi connectivity index (χ1) is 6.68. The molecular weight excluding hydrogens is 180 g/mol. The highest BCUT2D eigenvalue weighted by Crippen LogP contribution is 2.19. The van der Waals surface area contributed by atoms with Gasteiger partial charge in [-0.25, -0.2) is 4.79 Å². The Balaban J connectivity index is 2.84. The van der Waals surface area contributed by atoms with E-state index in [-0.39, 0.29) is 5.56 Å². The maximum Gasteiger partial charge on any atom is 0.336 e. The smallest absolute Gasteiger partial charge is 0.336 e. The van der Waals surface area contributed by atoms with Crippen LogP contribution in [0.15, 0.2) is 30.5 Å². The van der Waals surface area contributed by atoms with Gasteiger partial charge in [0.2, 0.25) is 0 Å². The summed E-state index contributed by atoms with van der Waals surface area (Å²) in [6.07, 6.45) is 1.47. The zero-order chi connectivity index (χ0) is 10.1. The number of anilines is 1. The van der Waals surface area contributed by atoms with Gasteiger partial charge < -0.3 is 10.8 Å². The topological polar surface area (TPSA) is 76.2 Å². The summed E-state index contributed by atoms with van der Waals surface area (Å²) in [6.45, 7) is 0. The van der Waals surface area contributed by atoms with Gasteiger partial charge in [0.25, 0.3) is 0 Å². The molecule has 0 aliphatic carbocycles. The molecule has 0 atom stereocenters. The van der Waals surface area contributed by atoms with Crippen LogP contribution < -0.4 is 5.73 Å². The molecule has 0 aliphatic heterocycles. The molecule has 0 spiro atoms. The van der Waals surface area contributed by atoms with Crippen LogP contribution >= 0.6 is 0 Å². The number of carboxylic acid groups (broad SMARTS) is 1. The number of fused-ring (bicyclic) bond motifs is 1. The number of aromatic nitrogens is 1. The molecule has 1 aromatic carbocycles. The average Bonchev–Trinajstić information content (AvgIpc) is 2.16. The van der Waals surface area contributed by atoms with E-state index in [9.17, 15) is 4.79 Å². The van der Waals surface area contributed by atoms with Crippen LogP contribution in [-0.4, -0.2) is 16.1 Å². The summed E-state index contributed by atoms with van der Waals surface area (Å²) in [5, 5.41) is 9.47. The van der Waals surface area contributed by atoms with E-state index in [1.165, 1.54) is 12.3 Å². The highest BCUT2D eigenvalue weighted by molar-refractivity contribution is 6.03. The van der Waals surface area contributed by atoms with E-state index in [1.807, 2.05) is 0 Å². The number of rotatable bonds is 1. The highest BCUT2D eigenvalue weighted by atomic mass is 16.4. The Bertz CT molecular complexity index is 508. The SMILES string of the molecule is Nc1ccc2nccc(C(=O)O)c2c1. The van der Waals surface area contributed by atoms with Gasteiger partial charge in [-0.3, -0.25) is 4.98 Å². The molecule has 0 aliphatic rings. The molecule has 1 heterocycles. The summed E-state index contributed by atoms with van der Waals surface area (Å²) < 4.78 is 0. The van der Waals surface area contributed by atoms with Gasteiger partial charge in [0.15, 0.2) is 0 Å². The number of aromatic carboxylic acids is 1. The molecule has 0 fully saturated rings. The van der Waals surface area contributed by atoms with Crippen LogP contribution in [0.3, 0.4) is 0 Å². The molecule has 4 nitrogen and oxygen atoms in total. The van der Waals surface area contributed by atoms with Crippen LogP contribution in [0.2, 0.25) is 0 Å². The van der Waals surface area contributed by atoms with E-state index < -0.39 is 5.97 Å². The summed E-state index contributed by atoms with van der Waals surface area (Å²) in [6, 6.07) is 6.48. The predicted molar refractivity (Wildman–Crippen MR) is 53.1 cm³/mol. The van der Waals surface area contributed by atoms with Gasteiger partial charge in [-0.2, -0.15) is 0 Å². The minimum atomic E-state index is -0.969. The lowest BCUT2D eigenvalue weighted by Crippen LogP contribution is -1.98. The second-order valence-corrected chi connectivity index (χ2v) is 2.94. The lowest BCUT2D eigenvalue weighted by Gasteiger charge is -2.01. The number of nitrogens with two attached hydrogens (primary N) is 1. The van der Waals surface area contributed by atoms with Crippen LogP contribution in [0.25, 0.3) is 10.9 Å². The molecule has 0 bridgehead atoms. The van der Waals surface area contributed by atoms with Gasteiger partial charge in [-0.15, -0.1) is 0 Å². The molecule has 2 rings (SSSR count). The summed E-state index contributed by atoms with van der Waals surface area (Å²) in [5.41, 5.74) is 6.97. The molecular formula is C10H8N2O2. The summed E-state index contributed by atoms with van der Waals surface area (Å²) in [5.74, 6) is -0.969. The maximum atomic E-state index is 10.9. The third kappa shape index (κ3) is 1.26. The van der Waals surface area contributed by atoms with Crippen molar-refractivity contribution in [2.45, 2.75) is 0 Å². The van der Waals surface area contributed by atoms with Gasteiger partial charge in [0, 0.05) is 17.3 Å². The zero-order valence-electron chi connectivity index (χ0n) is 7.27. The molecule has 3 N–H and O–H groups in total. The number of carbonyl (C=O) groups is 1. The Labute approximate surface area is 80.0 Å². The van der Waals surface area contributed by atoms with E-state index in [0.717, 1.165) is 0 Å². The van der Waals surface area contributed by atoms with Crippen LogP contribution in [0.5, 0.6) is 0 Å². The molecule has 1 aromatic heterocycles. The third-order valence-electron chi connectivity index (χ3n) is 2.00.